The molecule has 4 nitrogen and oxygen atoms in total. The van der Waals surface area contributed by atoms with Crippen LogP contribution in [0, 0.1) is 0 Å². The van der Waals surface area contributed by atoms with E-state index in [2.05, 4.69) is 29.1 Å². The molecule has 0 fully saturated rings. The largest absolute Gasteiger partial charge is 0.373 e. The van der Waals surface area contributed by atoms with Crippen LogP contribution in [0.3, 0.4) is 0 Å². The second-order valence-corrected chi connectivity index (χ2v) is 3.21. The lowest BCUT2D eigenvalue weighted by Crippen LogP contribution is -2.07. The van der Waals surface area contributed by atoms with Gasteiger partial charge in [0.05, 0.1) is 5.69 Å². The molecule has 0 atom stereocenters. The second kappa shape index (κ2) is 4.18. The average Bonchev–Trinajstić information content (AvgIpc) is 2.16. The van der Waals surface area contributed by atoms with Crippen LogP contribution in [0.1, 0.15) is 31.3 Å². The number of aromatic nitrogens is 2. The Bertz CT molecular complexity index is 261. The Balaban J connectivity index is 3.07. The fourth-order valence-electron chi connectivity index (χ4n) is 1.01. The number of nitrogens with two attached hydrogens (primary N) is 1. The van der Waals surface area contributed by atoms with Gasteiger partial charge < -0.3 is 11.1 Å². The van der Waals surface area contributed by atoms with Crippen LogP contribution in [0.4, 0.5) is 5.82 Å². The van der Waals surface area contributed by atoms with Crippen molar-refractivity contribution in [2.75, 3.05) is 12.4 Å². The van der Waals surface area contributed by atoms with Gasteiger partial charge in [-0.25, -0.2) is 9.97 Å². The Kier molecular flexibility index (Phi) is 3.19. The van der Waals surface area contributed by atoms with Crippen LogP contribution in [0.25, 0.3) is 0 Å². The first-order chi connectivity index (χ1) is 6.17. The van der Waals surface area contributed by atoms with Crippen LogP contribution in [0.5, 0.6) is 0 Å². The van der Waals surface area contributed by atoms with Crippen molar-refractivity contribution in [1.82, 2.24) is 9.97 Å². The molecular formula is C9H16N4. The normalized spacial score (nSPS) is 10.5. The zero-order valence-corrected chi connectivity index (χ0v) is 8.33. The van der Waals surface area contributed by atoms with E-state index in [-0.39, 0.29) is 0 Å². The Labute approximate surface area is 78.6 Å². The maximum Gasteiger partial charge on any atom is 0.133 e. The first-order valence-electron chi connectivity index (χ1n) is 4.43. The van der Waals surface area contributed by atoms with E-state index in [1.807, 2.05) is 13.1 Å². The molecule has 0 aliphatic rings. The number of anilines is 1. The first-order valence-corrected chi connectivity index (χ1v) is 4.43. The van der Waals surface area contributed by atoms with Crippen molar-refractivity contribution >= 4 is 5.82 Å². The summed E-state index contributed by atoms with van der Waals surface area (Å²) >= 11 is 0. The van der Waals surface area contributed by atoms with Gasteiger partial charge in [-0.15, -0.1) is 0 Å². The van der Waals surface area contributed by atoms with Crippen LogP contribution in [-0.2, 0) is 6.54 Å². The van der Waals surface area contributed by atoms with Crippen molar-refractivity contribution in [1.29, 1.82) is 0 Å². The number of nitrogens with zero attached hydrogens (tertiary/aromatic N) is 2. The third kappa shape index (κ3) is 2.39. The summed E-state index contributed by atoms with van der Waals surface area (Å²) in [5.41, 5.74) is 6.40. The van der Waals surface area contributed by atoms with Crippen molar-refractivity contribution in [2.45, 2.75) is 26.3 Å². The van der Waals surface area contributed by atoms with E-state index < -0.39 is 0 Å². The molecule has 1 aromatic heterocycles. The summed E-state index contributed by atoms with van der Waals surface area (Å²) in [6.07, 6.45) is 0. The van der Waals surface area contributed by atoms with Crippen LogP contribution >= 0.6 is 0 Å². The van der Waals surface area contributed by atoms with Gasteiger partial charge in [-0.2, -0.15) is 0 Å². The average molecular weight is 180 g/mol. The summed E-state index contributed by atoms with van der Waals surface area (Å²) in [4.78, 5) is 8.64. The number of rotatable bonds is 3. The third-order valence-electron chi connectivity index (χ3n) is 1.78. The molecule has 4 heteroatoms. The Morgan fingerprint density at radius 3 is 2.62 bits per heavy atom. The molecule has 0 aromatic carbocycles. The highest BCUT2D eigenvalue weighted by atomic mass is 15.0. The topological polar surface area (TPSA) is 63.8 Å². The van der Waals surface area contributed by atoms with Gasteiger partial charge >= 0.3 is 0 Å². The lowest BCUT2D eigenvalue weighted by molar-refractivity contribution is 0.758. The quantitative estimate of drug-likeness (QED) is 0.731. The molecule has 3 N–H and O–H groups in total. The van der Waals surface area contributed by atoms with E-state index in [1.54, 1.807) is 0 Å². The maximum atomic E-state index is 5.52. The van der Waals surface area contributed by atoms with Gasteiger partial charge in [0.25, 0.3) is 0 Å². The van der Waals surface area contributed by atoms with Gasteiger partial charge in [0.1, 0.15) is 11.6 Å². The molecule has 13 heavy (non-hydrogen) atoms. The van der Waals surface area contributed by atoms with E-state index in [1.165, 1.54) is 0 Å². The molecule has 0 saturated heterocycles. The smallest absolute Gasteiger partial charge is 0.133 e. The number of hydrogen-bond acceptors (Lipinski definition) is 4. The number of nitrogens with one attached hydrogen (secondary N) is 1. The molecule has 0 amide bonds. The lowest BCUT2D eigenvalue weighted by Gasteiger charge is -2.08. The van der Waals surface area contributed by atoms with Gasteiger partial charge in [-0.05, 0) is 0 Å². The fraction of sp³-hybridized carbons (Fsp3) is 0.556. The minimum atomic E-state index is 0.332. The maximum absolute atomic E-state index is 5.52. The molecule has 1 heterocycles. The summed E-state index contributed by atoms with van der Waals surface area (Å²) in [6, 6.07) is 1.87. The first kappa shape index (κ1) is 9.92. The minimum absolute atomic E-state index is 0.332. The molecule has 0 radical (unpaired) electrons. The standard InChI is InChI=1S/C9H16N4/c1-6(2)9-12-7(5-10)4-8(11-3)13-9/h4,6H,5,10H2,1-3H3,(H,11,12,13). The van der Waals surface area contributed by atoms with Crippen molar-refractivity contribution in [3.63, 3.8) is 0 Å². The predicted octanol–water partition coefficient (Wildman–Crippen LogP) is 1.10. The van der Waals surface area contributed by atoms with E-state index in [0.29, 0.717) is 12.5 Å². The molecular weight excluding hydrogens is 164 g/mol. The minimum Gasteiger partial charge on any atom is -0.373 e. The highest BCUT2D eigenvalue weighted by molar-refractivity contribution is 5.35. The molecule has 72 valence electrons. The molecule has 1 rings (SSSR count). The summed E-state index contributed by atoms with van der Waals surface area (Å²) in [6.45, 7) is 4.58. The van der Waals surface area contributed by atoms with Gasteiger partial charge in [0, 0.05) is 25.6 Å². The monoisotopic (exact) mass is 180 g/mol. The van der Waals surface area contributed by atoms with Gasteiger partial charge in [0.15, 0.2) is 0 Å². The summed E-state index contributed by atoms with van der Waals surface area (Å²) in [7, 11) is 1.84. The van der Waals surface area contributed by atoms with E-state index in [4.69, 9.17) is 5.73 Å². The molecule has 0 unspecified atom stereocenters. The second-order valence-electron chi connectivity index (χ2n) is 3.21. The summed E-state index contributed by atoms with van der Waals surface area (Å²) in [5.74, 6) is 2.00. The SMILES string of the molecule is CNc1cc(CN)nc(C(C)C)n1. The predicted molar refractivity (Wildman–Crippen MR) is 53.6 cm³/mol. The Morgan fingerprint density at radius 2 is 2.15 bits per heavy atom. The highest BCUT2D eigenvalue weighted by Gasteiger charge is 2.05. The van der Waals surface area contributed by atoms with Gasteiger partial charge in [-0.3, -0.25) is 0 Å². The Morgan fingerprint density at radius 1 is 1.46 bits per heavy atom. The highest BCUT2D eigenvalue weighted by Crippen LogP contribution is 2.13. The lowest BCUT2D eigenvalue weighted by atomic mass is 10.2. The fourth-order valence-corrected chi connectivity index (χ4v) is 1.01. The van der Waals surface area contributed by atoms with Crippen LogP contribution in [-0.4, -0.2) is 17.0 Å². The van der Waals surface area contributed by atoms with Crippen molar-refractivity contribution in [2.24, 2.45) is 5.73 Å². The number of hydrogen-bond donors (Lipinski definition) is 2. The van der Waals surface area contributed by atoms with Gasteiger partial charge in [-0.1, -0.05) is 13.8 Å². The van der Waals surface area contributed by atoms with Crippen LogP contribution in [0.2, 0.25) is 0 Å². The van der Waals surface area contributed by atoms with E-state index in [9.17, 15) is 0 Å². The van der Waals surface area contributed by atoms with Crippen molar-refractivity contribution in [3.05, 3.63) is 17.6 Å². The molecule has 0 spiro atoms. The molecule has 0 aliphatic carbocycles. The van der Waals surface area contributed by atoms with E-state index in [0.717, 1.165) is 17.3 Å². The molecule has 1 aromatic rings. The molecule has 0 saturated carbocycles. The molecule has 0 bridgehead atoms. The van der Waals surface area contributed by atoms with Crippen molar-refractivity contribution < 1.29 is 0 Å². The van der Waals surface area contributed by atoms with Crippen LogP contribution in [0.15, 0.2) is 6.07 Å². The summed E-state index contributed by atoms with van der Waals surface area (Å²) in [5, 5.41) is 2.99. The van der Waals surface area contributed by atoms with Crippen molar-refractivity contribution in [3.8, 4) is 0 Å². The third-order valence-corrected chi connectivity index (χ3v) is 1.78. The zero-order chi connectivity index (χ0) is 9.84. The Hall–Kier alpha value is -1.16. The van der Waals surface area contributed by atoms with Crippen LogP contribution < -0.4 is 11.1 Å². The molecule has 0 aliphatic heterocycles. The zero-order valence-electron chi connectivity index (χ0n) is 8.33. The summed E-state index contributed by atoms with van der Waals surface area (Å²) < 4.78 is 0. The van der Waals surface area contributed by atoms with E-state index >= 15 is 0 Å². The van der Waals surface area contributed by atoms with Gasteiger partial charge in [0.2, 0.25) is 0 Å².